The van der Waals surface area contributed by atoms with E-state index in [1.165, 1.54) is 276 Å². The third-order valence-electron chi connectivity index (χ3n) is 16.1. The number of allylic oxidation sites excluding steroid dienone is 8. The molecular weight excluding hydrogens is 985 g/mol. The maximum Gasteiger partial charge on any atom is 0.306 e. The zero-order valence-electron chi connectivity index (χ0n) is 53.9. The Bertz CT molecular complexity index is 1380. The van der Waals surface area contributed by atoms with Gasteiger partial charge in [-0.3, -0.25) is 14.4 Å². The standard InChI is InChI=1S/C74H136O6/c1-4-7-10-13-16-18-20-22-24-26-28-30-32-34-36-37-39-40-42-44-46-48-50-52-54-56-58-61-64-67-73(76)79-70-71(69-78-72(75)66-63-60-15-12-9-6-3)80-74(77)68-65-62-59-57-55-53-51-49-47-45-43-41-38-35-33-31-29-27-25-23-21-19-17-14-11-8-5-2/h20,22,26-29,32,34,71H,4-19,21,23-25,30-31,33,35-70H2,1-3H3/b22-20-,28-26-,29-27-,34-32-. The third-order valence-corrected chi connectivity index (χ3v) is 16.1. The van der Waals surface area contributed by atoms with Crippen molar-refractivity contribution in [2.24, 2.45) is 0 Å². The highest BCUT2D eigenvalue weighted by atomic mass is 16.6. The smallest absolute Gasteiger partial charge is 0.306 e. The topological polar surface area (TPSA) is 78.9 Å². The Hall–Kier alpha value is -2.63. The van der Waals surface area contributed by atoms with Gasteiger partial charge in [0.1, 0.15) is 13.2 Å². The molecule has 6 heteroatoms. The minimum absolute atomic E-state index is 0.0691. The Morgan fingerprint density at radius 1 is 0.250 bits per heavy atom. The number of rotatable bonds is 66. The molecule has 0 N–H and O–H groups in total. The van der Waals surface area contributed by atoms with Crippen LogP contribution in [0.5, 0.6) is 0 Å². The van der Waals surface area contributed by atoms with Crippen molar-refractivity contribution in [3.63, 3.8) is 0 Å². The highest BCUT2D eigenvalue weighted by Gasteiger charge is 2.19. The van der Waals surface area contributed by atoms with Gasteiger partial charge >= 0.3 is 17.9 Å². The fourth-order valence-electron chi connectivity index (χ4n) is 10.7. The first kappa shape index (κ1) is 77.4. The summed E-state index contributed by atoms with van der Waals surface area (Å²) in [5, 5.41) is 0. The molecule has 0 saturated heterocycles. The molecule has 0 amide bonds. The van der Waals surface area contributed by atoms with E-state index in [1.54, 1.807) is 0 Å². The van der Waals surface area contributed by atoms with Crippen LogP contribution in [-0.2, 0) is 28.6 Å². The zero-order valence-corrected chi connectivity index (χ0v) is 53.9. The van der Waals surface area contributed by atoms with Crippen LogP contribution in [-0.4, -0.2) is 37.2 Å². The van der Waals surface area contributed by atoms with Gasteiger partial charge in [-0.1, -0.05) is 333 Å². The van der Waals surface area contributed by atoms with E-state index in [0.717, 1.165) is 70.6 Å². The average molecular weight is 1120 g/mol. The summed E-state index contributed by atoms with van der Waals surface area (Å²) in [4.78, 5) is 38.1. The molecule has 1 unspecified atom stereocenters. The van der Waals surface area contributed by atoms with Crippen molar-refractivity contribution in [3.05, 3.63) is 48.6 Å². The second kappa shape index (κ2) is 68.9. The van der Waals surface area contributed by atoms with E-state index in [0.29, 0.717) is 19.3 Å². The van der Waals surface area contributed by atoms with Gasteiger partial charge in [-0.2, -0.15) is 0 Å². The summed E-state index contributed by atoms with van der Waals surface area (Å²) in [5.41, 5.74) is 0. The predicted octanol–water partition coefficient (Wildman–Crippen LogP) is 24.5. The molecule has 0 aromatic carbocycles. The lowest BCUT2D eigenvalue weighted by Crippen LogP contribution is -2.30. The van der Waals surface area contributed by atoms with Gasteiger partial charge in [0.05, 0.1) is 0 Å². The third kappa shape index (κ3) is 66.2. The minimum atomic E-state index is -0.769. The largest absolute Gasteiger partial charge is 0.462 e. The van der Waals surface area contributed by atoms with Crippen LogP contribution >= 0.6 is 0 Å². The number of carbonyl (C=O) groups excluding carboxylic acids is 3. The van der Waals surface area contributed by atoms with Crippen LogP contribution in [0.15, 0.2) is 48.6 Å². The molecule has 0 radical (unpaired) electrons. The number of hydrogen-bond donors (Lipinski definition) is 0. The number of esters is 3. The first-order valence-corrected chi connectivity index (χ1v) is 35.6. The van der Waals surface area contributed by atoms with Gasteiger partial charge < -0.3 is 14.2 Å². The summed E-state index contributed by atoms with van der Waals surface area (Å²) in [6.45, 7) is 6.63. The van der Waals surface area contributed by atoms with Crippen LogP contribution < -0.4 is 0 Å². The second-order valence-corrected chi connectivity index (χ2v) is 24.1. The second-order valence-electron chi connectivity index (χ2n) is 24.1. The van der Waals surface area contributed by atoms with Crippen molar-refractivity contribution >= 4 is 17.9 Å². The molecule has 0 aromatic heterocycles. The van der Waals surface area contributed by atoms with Crippen molar-refractivity contribution < 1.29 is 28.6 Å². The SMILES string of the molecule is CCCCCCC/C=C\C/C=C\C/C=C\CCCCCCCCCCCCCCCCC(=O)OCC(COC(=O)CCCCCCCC)OC(=O)CCCCCCCCCCCCCCCCC/C=C\CCCCCCCCCC. The van der Waals surface area contributed by atoms with Crippen molar-refractivity contribution in [1.29, 1.82) is 0 Å². The van der Waals surface area contributed by atoms with E-state index in [-0.39, 0.29) is 31.1 Å². The molecule has 80 heavy (non-hydrogen) atoms. The van der Waals surface area contributed by atoms with E-state index < -0.39 is 6.10 Å². The van der Waals surface area contributed by atoms with Crippen molar-refractivity contribution in [2.45, 2.75) is 393 Å². The van der Waals surface area contributed by atoms with Crippen LogP contribution in [0.4, 0.5) is 0 Å². The highest BCUT2D eigenvalue weighted by molar-refractivity contribution is 5.71. The maximum atomic E-state index is 12.9. The van der Waals surface area contributed by atoms with Gasteiger partial charge in [0.15, 0.2) is 6.10 Å². The first-order chi connectivity index (χ1) is 39.5. The monoisotopic (exact) mass is 1120 g/mol. The normalized spacial score (nSPS) is 12.3. The Balaban J connectivity index is 3.99. The summed E-state index contributed by atoms with van der Waals surface area (Å²) in [6.07, 6.45) is 87.6. The lowest BCUT2D eigenvalue weighted by Gasteiger charge is -2.18. The molecule has 0 heterocycles. The molecule has 0 spiro atoms. The molecule has 0 rings (SSSR count). The van der Waals surface area contributed by atoms with E-state index in [2.05, 4.69) is 69.4 Å². The molecule has 0 aromatic rings. The van der Waals surface area contributed by atoms with Gasteiger partial charge in [-0.15, -0.1) is 0 Å². The van der Waals surface area contributed by atoms with Crippen LogP contribution in [0.25, 0.3) is 0 Å². The Labute approximate surface area is 498 Å². The summed E-state index contributed by atoms with van der Waals surface area (Å²) in [7, 11) is 0. The van der Waals surface area contributed by atoms with Crippen LogP contribution in [0, 0.1) is 0 Å². The molecule has 0 aliphatic heterocycles. The molecule has 0 saturated carbocycles. The predicted molar refractivity (Wildman–Crippen MR) is 349 cm³/mol. The fraction of sp³-hybridized carbons (Fsp3) is 0.851. The number of ether oxygens (including phenoxy) is 3. The number of hydrogen-bond acceptors (Lipinski definition) is 6. The highest BCUT2D eigenvalue weighted by Crippen LogP contribution is 2.18. The first-order valence-electron chi connectivity index (χ1n) is 35.6. The lowest BCUT2D eigenvalue weighted by molar-refractivity contribution is -0.167. The molecular formula is C74H136O6. The summed E-state index contributed by atoms with van der Waals surface area (Å²) >= 11 is 0. The van der Waals surface area contributed by atoms with Gasteiger partial charge in [0, 0.05) is 19.3 Å². The molecule has 6 nitrogen and oxygen atoms in total. The lowest BCUT2D eigenvalue weighted by atomic mass is 10.0. The summed E-state index contributed by atoms with van der Waals surface area (Å²) in [6, 6.07) is 0. The maximum absolute atomic E-state index is 12.9. The summed E-state index contributed by atoms with van der Waals surface area (Å²) < 4.78 is 16.9. The van der Waals surface area contributed by atoms with Gasteiger partial charge in [-0.25, -0.2) is 0 Å². The van der Waals surface area contributed by atoms with Gasteiger partial charge in [0.2, 0.25) is 0 Å². The Kier molecular flexibility index (Phi) is 66.6. The molecule has 1 atom stereocenters. The zero-order chi connectivity index (χ0) is 57.8. The van der Waals surface area contributed by atoms with Gasteiger partial charge in [-0.05, 0) is 83.5 Å². The Morgan fingerprint density at radius 3 is 0.713 bits per heavy atom. The van der Waals surface area contributed by atoms with Crippen LogP contribution in [0.3, 0.4) is 0 Å². The van der Waals surface area contributed by atoms with Crippen LogP contribution in [0.1, 0.15) is 387 Å². The van der Waals surface area contributed by atoms with E-state index in [1.807, 2.05) is 0 Å². The van der Waals surface area contributed by atoms with E-state index in [4.69, 9.17) is 14.2 Å². The molecule has 0 bridgehead atoms. The number of unbranched alkanes of at least 4 members (excludes halogenated alkanes) is 47. The van der Waals surface area contributed by atoms with Crippen LogP contribution in [0.2, 0.25) is 0 Å². The number of carbonyl (C=O) groups is 3. The van der Waals surface area contributed by atoms with E-state index in [9.17, 15) is 14.4 Å². The van der Waals surface area contributed by atoms with Crippen molar-refractivity contribution in [2.75, 3.05) is 13.2 Å². The Morgan fingerprint density at radius 2 is 0.450 bits per heavy atom. The summed E-state index contributed by atoms with van der Waals surface area (Å²) in [5.74, 6) is -0.856. The molecule has 0 aliphatic rings. The van der Waals surface area contributed by atoms with Crippen molar-refractivity contribution in [3.8, 4) is 0 Å². The van der Waals surface area contributed by atoms with E-state index >= 15 is 0 Å². The van der Waals surface area contributed by atoms with Crippen molar-refractivity contribution in [1.82, 2.24) is 0 Å². The average Bonchev–Trinajstić information content (AvgIpc) is 3.46. The molecule has 0 fully saturated rings. The quantitative estimate of drug-likeness (QED) is 0.0261. The fourth-order valence-corrected chi connectivity index (χ4v) is 10.7. The van der Waals surface area contributed by atoms with Gasteiger partial charge in [0.25, 0.3) is 0 Å². The molecule has 0 aliphatic carbocycles. The minimum Gasteiger partial charge on any atom is -0.462 e. The molecule has 468 valence electrons.